The third-order valence-electron chi connectivity index (χ3n) is 6.97. The lowest BCUT2D eigenvalue weighted by Crippen LogP contribution is -2.59. The molecule has 0 aliphatic rings. The molecule has 44 heavy (non-hydrogen) atoms. The van der Waals surface area contributed by atoms with Crippen LogP contribution in [0, 0.1) is 5.92 Å². The molecule has 0 saturated carbocycles. The SMILES string of the molecule is COc1ccc(C[C@H](NC(=O)[C@@H](NC(=O)[C@H](Cc2ccc(OC)cc2)NC(=O)c2ccc(OC)cn2)C(C)C)B(O)O)cc1. The van der Waals surface area contributed by atoms with Crippen LogP contribution >= 0.6 is 0 Å². The molecule has 1 aromatic heterocycles. The maximum Gasteiger partial charge on any atom is 0.475 e. The molecular weight excluding hydrogens is 567 g/mol. The number of benzene rings is 2. The van der Waals surface area contributed by atoms with Gasteiger partial charge in [0.1, 0.15) is 35.0 Å². The summed E-state index contributed by atoms with van der Waals surface area (Å²) < 4.78 is 15.5. The average molecular weight is 606 g/mol. The number of nitrogens with one attached hydrogen (secondary N) is 3. The van der Waals surface area contributed by atoms with Crippen LogP contribution in [-0.2, 0) is 22.4 Å². The Kier molecular flexibility index (Phi) is 12.5. The maximum absolute atomic E-state index is 13.6. The van der Waals surface area contributed by atoms with Gasteiger partial charge in [-0.3, -0.25) is 14.4 Å². The van der Waals surface area contributed by atoms with Gasteiger partial charge in [-0.05, 0) is 59.9 Å². The fourth-order valence-electron chi connectivity index (χ4n) is 4.38. The van der Waals surface area contributed by atoms with Gasteiger partial charge in [-0.15, -0.1) is 0 Å². The quantitative estimate of drug-likeness (QED) is 0.160. The molecular formula is C31H39BN4O8. The van der Waals surface area contributed by atoms with Crippen molar-refractivity contribution in [2.75, 3.05) is 21.3 Å². The summed E-state index contributed by atoms with van der Waals surface area (Å²) in [4.78, 5) is 44.2. The number of carbonyl (C=O) groups is 3. The number of ether oxygens (including phenoxy) is 3. The first-order valence-corrected chi connectivity index (χ1v) is 14.1. The van der Waals surface area contributed by atoms with Crippen LogP contribution in [0.15, 0.2) is 66.9 Å². The Morgan fingerprint density at radius 1 is 0.727 bits per heavy atom. The van der Waals surface area contributed by atoms with Crippen molar-refractivity contribution in [1.29, 1.82) is 0 Å². The Bertz CT molecular complexity index is 1370. The van der Waals surface area contributed by atoms with Gasteiger partial charge in [-0.25, -0.2) is 4.98 Å². The van der Waals surface area contributed by atoms with E-state index in [-0.39, 0.29) is 24.5 Å². The van der Waals surface area contributed by atoms with E-state index >= 15 is 0 Å². The number of nitrogens with zero attached hydrogens (tertiary/aromatic N) is 1. The zero-order valence-corrected chi connectivity index (χ0v) is 25.4. The Morgan fingerprint density at radius 3 is 1.70 bits per heavy atom. The van der Waals surface area contributed by atoms with Gasteiger partial charge in [-0.1, -0.05) is 38.1 Å². The average Bonchev–Trinajstić information content (AvgIpc) is 3.03. The minimum Gasteiger partial charge on any atom is -0.497 e. The summed E-state index contributed by atoms with van der Waals surface area (Å²) in [5.41, 5.74) is 1.56. The van der Waals surface area contributed by atoms with Crippen LogP contribution in [-0.4, -0.2) is 79.2 Å². The van der Waals surface area contributed by atoms with E-state index < -0.39 is 42.9 Å². The molecule has 1 heterocycles. The van der Waals surface area contributed by atoms with Crippen molar-refractivity contribution < 1.29 is 38.6 Å². The fourth-order valence-corrected chi connectivity index (χ4v) is 4.38. The molecule has 13 heteroatoms. The van der Waals surface area contributed by atoms with Crippen LogP contribution in [0.4, 0.5) is 0 Å². The van der Waals surface area contributed by atoms with Crippen LogP contribution in [0.3, 0.4) is 0 Å². The van der Waals surface area contributed by atoms with Gasteiger partial charge in [0.25, 0.3) is 5.91 Å². The largest absolute Gasteiger partial charge is 0.497 e. The highest BCUT2D eigenvalue weighted by atomic mass is 16.5. The van der Waals surface area contributed by atoms with E-state index in [4.69, 9.17) is 14.2 Å². The van der Waals surface area contributed by atoms with Crippen molar-refractivity contribution in [3.8, 4) is 17.2 Å². The number of pyridine rings is 1. The highest BCUT2D eigenvalue weighted by Crippen LogP contribution is 2.16. The zero-order chi connectivity index (χ0) is 32.2. The molecule has 3 amide bonds. The van der Waals surface area contributed by atoms with Crippen LogP contribution in [0.25, 0.3) is 0 Å². The Morgan fingerprint density at radius 2 is 1.25 bits per heavy atom. The summed E-state index contributed by atoms with van der Waals surface area (Å²) >= 11 is 0. The van der Waals surface area contributed by atoms with Gasteiger partial charge < -0.3 is 40.2 Å². The molecule has 0 fully saturated rings. The van der Waals surface area contributed by atoms with Gasteiger partial charge in [0.05, 0.1) is 33.5 Å². The highest BCUT2D eigenvalue weighted by Gasteiger charge is 2.33. The summed E-state index contributed by atoms with van der Waals surface area (Å²) in [5.74, 6) is -1.48. The summed E-state index contributed by atoms with van der Waals surface area (Å²) in [6, 6.07) is 14.9. The minimum atomic E-state index is -1.86. The van der Waals surface area contributed by atoms with E-state index in [0.29, 0.717) is 17.2 Å². The van der Waals surface area contributed by atoms with Crippen LogP contribution < -0.4 is 30.2 Å². The maximum atomic E-state index is 13.6. The standard InChI is InChI=1S/C31H39BN4O8/c1-19(2)28(31(39)35-27(32(40)41)17-21-8-12-23(43-4)13-9-21)36-30(38)26(16-20-6-10-22(42-3)11-7-20)34-29(37)25-15-14-24(44-5)18-33-25/h6-15,18-19,26-28,40-41H,16-17H2,1-5H3,(H,34,37)(H,35,39)(H,36,38)/t26-,27-,28-/m0/s1. The number of aromatic nitrogens is 1. The lowest BCUT2D eigenvalue weighted by atomic mass is 9.75. The molecule has 0 aliphatic heterocycles. The van der Waals surface area contributed by atoms with Gasteiger partial charge >= 0.3 is 7.12 Å². The molecule has 0 saturated heterocycles. The molecule has 0 bridgehead atoms. The topological polar surface area (TPSA) is 168 Å². The molecule has 0 aliphatic carbocycles. The van der Waals surface area contributed by atoms with Gasteiger partial charge in [0.15, 0.2) is 0 Å². The summed E-state index contributed by atoms with van der Waals surface area (Å²) in [7, 11) is 2.71. The van der Waals surface area contributed by atoms with E-state index in [2.05, 4.69) is 20.9 Å². The molecule has 234 valence electrons. The number of carbonyl (C=O) groups excluding carboxylic acids is 3. The number of methoxy groups -OCH3 is 3. The Balaban J connectivity index is 1.78. The van der Waals surface area contributed by atoms with Crippen molar-refractivity contribution in [2.24, 2.45) is 5.92 Å². The monoisotopic (exact) mass is 606 g/mol. The molecule has 12 nitrogen and oxygen atoms in total. The summed E-state index contributed by atoms with van der Waals surface area (Å²) in [6.07, 6.45) is 1.63. The van der Waals surface area contributed by atoms with Gasteiger partial charge in [0, 0.05) is 6.42 Å². The van der Waals surface area contributed by atoms with Crippen molar-refractivity contribution >= 4 is 24.8 Å². The molecule has 0 spiro atoms. The number of hydrogen-bond acceptors (Lipinski definition) is 9. The molecule has 5 N–H and O–H groups in total. The molecule has 3 atom stereocenters. The van der Waals surface area contributed by atoms with Crippen molar-refractivity contribution in [2.45, 2.75) is 44.7 Å². The lowest BCUT2D eigenvalue weighted by molar-refractivity contribution is -0.131. The first-order valence-electron chi connectivity index (χ1n) is 14.1. The highest BCUT2D eigenvalue weighted by molar-refractivity contribution is 6.43. The second kappa shape index (κ2) is 16.3. The van der Waals surface area contributed by atoms with E-state index in [0.717, 1.165) is 11.1 Å². The lowest BCUT2D eigenvalue weighted by Gasteiger charge is -2.27. The first-order chi connectivity index (χ1) is 21.0. The third-order valence-corrected chi connectivity index (χ3v) is 6.97. The smallest absolute Gasteiger partial charge is 0.475 e. The Labute approximate surface area is 257 Å². The molecule has 0 unspecified atom stereocenters. The van der Waals surface area contributed by atoms with E-state index in [1.807, 2.05) is 0 Å². The van der Waals surface area contributed by atoms with E-state index in [9.17, 15) is 24.4 Å². The second-order valence-corrected chi connectivity index (χ2v) is 10.5. The van der Waals surface area contributed by atoms with Gasteiger partial charge in [0.2, 0.25) is 11.8 Å². The molecule has 3 aromatic rings. The fraction of sp³-hybridized carbons (Fsp3) is 0.355. The van der Waals surface area contributed by atoms with Crippen LogP contribution in [0.1, 0.15) is 35.5 Å². The van der Waals surface area contributed by atoms with E-state index in [1.54, 1.807) is 82.7 Å². The minimum absolute atomic E-state index is 0.0785. The van der Waals surface area contributed by atoms with Crippen molar-refractivity contribution in [1.82, 2.24) is 20.9 Å². The second-order valence-electron chi connectivity index (χ2n) is 10.5. The molecule has 2 aromatic carbocycles. The van der Waals surface area contributed by atoms with Crippen LogP contribution in [0.2, 0.25) is 0 Å². The third kappa shape index (κ3) is 9.71. The van der Waals surface area contributed by atoms with Gasteiger partial charge in [-0.2, -0.15) is 0 Å². The molecule has 3 rings (SSSR count). The summed E-state index contributed by atoms with van der Waals surface area (Å²) in [5, 5.41) is 28.2. The summed E-state index contributed by atoms with van der Waals surface area (Å²) in [6.45, 7) is 3.49. The Hall–Kier alpha value is -4.62. The van der Waals surface area contributed by atoms with E-state index in [1.165, 1.54) is 19.4 Å². The predicted octanol–water partition coefficient (Wildman–Crippen LogP) is 1.33. The number of hydrogen-bond donors (Lipinski definition) is 5. The first kappa shape index (κ1) is 33.9. The molecule has 0 radical (unpaired) electrons. The van der Waals surface area contributed by atoms with Crippen molar-refractivity contribution in [3.05, 3.63) is 83.7 Å². The predicted molar refractivity (Wildman–Crippen MR) is 164 cm³/mol. The normalized spacial score (nSPS) is 12.8. The van der Waals surface area contributed by atoms with Crippen LogP contribution in [0.5, 0.6) is 17.2 Å². The number of amides is 3. The zero-order valence-electron chi connectivity index (χ0n) is 25.4. The van der Waals surface area contributed by atoms with Crippen molar-refractivity contribution in [3.63, 3.8) is 0 Å². The number of rotatable bonds is 15.